The van der Waals surface area contributed by atoms with Gasteiger partial charge in [-0.3, -0.25) is 9.59 Å². The van der Waals surface area contributed by atoms with Crippen molar-refractivity contribution in [2.24, 2.45) is 5.41 Å². The van der Waals surface area contributed by atoms with Gasteiger partial charge in [0.15, 0.2) is 0 Å². The second-order valence-corrected chi connectivity index (χ2v) is 6.51. The van der Waals surface area contributed by atoms with Gasteiger partial charge in [-0.25, -0.2) is 0 Å². The molecule has 0 aliphatic heterocycles. The van der Waals surface area contributed by atoms with Gasteiger partial charge in [0.25, 0.3) is 0 Å². The fourth-order valence-electron chi connectivity index (χ4n) is 2.42. The topological polar surface area (TPSA) is 93.1 Å². The van der Waals surface area contributed by atoms with E-state index in [-0.39, 0.29) is 18.6 Å². The fraction of sp³-hybridized carbons (Fsp3) is 0.889. The lowest BCUT2D eigenvalue weighted by Gasteiger charge is -2.30. The largest absolute Gasteiger partial charge is 0.481 e. The second-order valence-electron chi connectivity index (χ2n) is 6.51. The summed E-state index contributed by atoms with van der Waals surface area (Å²) in [6.07, 6.45) is 3.31. The van der Waals surface area contributed by atoms with E-state index >= 15 is 0 Å². The number of carbonyl (C=O) groups is 2. The molecule has 0 aliphatic rings. The van der Waals surface area contributed by atoms with Crippen molar-refractivity contribution in [2.45, 2.75) is 84.8 Å². The highest BCUT2D eigenvalue weighted by Crippen LogP contribution is 2.34. The molecule has 2 N–H and O–H groups in total. The molecule has 0 rings (SSSR count). The van der Waals surface area contributed by atoms with Crippen LogP contribution in [-0.4, -0.2) is 47.6 Å². The third-order valence-corrected chi connectivity index (χ3v) is 4.62. The average molecular weight is 346 g/mol. The predicted molar refractivity (Wildman–Crippen MR) is 92.2 cm³/mol. The van der Waals surface area contributed by atoms with Gasteiger partial charge < -0.3 is 19.7 Å². The maximum Gasteiger partial charge on any atom is 0.309 e. The van der Waals surface area contributed by atoms with Crippen LogP contribution in [-0.2, 0) is 19.1 Å². The summed E-state index contributed by atoms with van der Waals surface area (Å²) < 4.78 is 11.3. The number of hydrogen-bond donors (Lipinski definition) is 2. The highest BCUT2D eigenvalue weighted by atomic mass is 16.5. The molecule has 0 bridgehead atoms. The zero-order chi connectivity index (χ0) is 18.6. The van der Waals surface area contributed by atoms with Gasteiger partial charge in [0.05, 0.1) is 17.6 Å². The van der Waals surface area contributed by atoms with Crippen LogP contribution < -0.4 is 0 Å². The van der Waals surface area contributed by atoms with E-state index in [4.69, 9.17) is 14.6 Å². The minimum Gasteiger partial charge on any atom is -0.481 e. The molecule has 0 aromatic carbocycles. The molecule has 0 aromatic rings. The molecule has 6 heteroatoms. The second kappa shape index (κ2) is 12.3. The third-order valence-electron chi connectivity index (χ3n) is 4.62. The Balaban J connectivity index is 4.81. The Morgan fingerprint density at radius 3 is 1.71 bits per heavy atom. The van der Waals surface area contributed by atoms with Gasteiger partial charge in [-0.1, -0.05) is 13.8 Å². The summed E-state index contributed by atoms with van der Waals surface area (Å²) in [5.41, 5.74) is -0.990. The Bertz CT molecular complexity index is 353. The smallest absolute Gasteiger partial charge is 0.309 e. The summed E-state index contributed by atoms with van der Waals surface area (Å²) in [6.45, 7) is 8.66. The number of rotatable bonds is 15. The van der Waals surface area contributed by atoms with Crippen LogP contribution in [0.3, 0.4) is 0 Å². The Morgan fingerprint density at radius 1 is 0.917 bits per heavy atom. The number of hydrogen-bond acceptors (Lipinski definition) is 4. The van der Waals surface area contributed by atoms with E-state index in [2.05, 4.69) is 0 Å². The van der Waals surface area contributed by atoms with Gasteiger partial charge in [0, 0.05) is 19.6 Å². The summed E-state index contributed by atoms with van der Waals surface area (Å²) in [6, 6.07) is 0. The fourth-order valence-corrected chi connectivity index (χ4v) is 2.42. The van der Waals surface area contributed by atoms with Crippen molar-refractivity contribution in [1.29, 1.82) is 0 Å². The van der Waals surface area contributed by atoms with E-state index in [1.165, 1.54) is 0 Å². The molecule has 0 saturated heterocycles. The van der Waals surface area contributed by atoms with Crippen LogP contribution >= 0.6 is 0 Å². The predicted octanol–water partition coefficient (Wildman–Crippen LogP) is 3.72. The van der Waals surface area contributed by atoms with Crippen molar-refractivity contribution in [2.75, 3.05) is 13.2 Å². The van der Waals surface area contributed by atoms with Crippen molar-refractivity contribution in [1.82, 2.24) is 0 Å². The molecular weight excluding hydrogens is 312 g/mol. The van der Waals surface area contributed by atoms with Crippen LogP contribution in [0, 0.1) is 5.41 Å². The standard InChI is InChI=1S/C18H34O6/c1-5-14(3)23-12-10-18(17(21)22,9-7-8-16(19)20)11-13-24-15(4)6-2/h14-15H,5-13H2,1-4H3,(H,19,20)(H,21,22). The Morgan fingerprint density at radius 2 is 1.38 bits per heavy atom. The van der Waals surface area contributed by atoms with Crippen molar-refractivity contribution >= 4 is 11.9 Å². The van der Waals surface area contributed by atoms with Crippen molar-refractivity contribution < 1.29 is 29.3 Å². The molecule has 0 amide bonds. The summed E-state index contributed by atoms with van der Waals surface area (Å²) in [5.74, 6) is -1.80. The first-order valence-electron chi connectivity index (χ1n) is 8.95. The van der Waals surface area contributed by atoms with Crippen LogP contribution in [0.5, 0.6) is 0 Å². The normalized spacial score (nSPS) is 16.3. The first kappa shape index (κ1) is 22.9. The molecule has 6 nitrogen and oxygen atoms in total. The summed E-state index contributed by atoms with van der Waals surface area (Å²) >= 11 is 0. The van der Waals surface area contributed by atoms with Gasteiger partial charge in [0.2, 0.25) is 0 Å². The third kappa shape index (κ3) is 9.23. The first-order valence-corrected chi connectivity index (χ1v) is 8.95. The number of aliphatic carboxylic acids is 2. The van der Waals surface area contributed by atoms with E-state index < -0.39 is 17.4 Å². The lowest BCUT2D eigenvalue weighted by molar-refractivity contribution is -0.153. The summed E-state index contributed by atoms with van der Waals surface area (Å²) in [5, 5.41) is 18.6. The summed E-state index contributed by atoms with van der Waals surface area (Å²) in [4.78, 5) is 22.7. The monoisotopic (exact) mass is 346 g/mol. The Kier molecular flexibility index (Phi) is 11.7. The van der Waals surface area contributed by atoms with Gasteiger partial charge >= 0.3 is 11.9 Å². The Labute approximate surface area is 145 Å². The minimum atomic E-state index is -0.990. The molecule has 2 atom stereocenters. The average Bonchev–Trinajstić information content (AvgIpc) is 2.53. The maximum atomic E-state index is 11.9. The zero-order valence-corrected chi connectivity index (χ0v) is 15.5. The van der Waals surface area contributed by atoms with Gasteiger partial charge in [-0.2, -0.15) is 0 Å². The van der Waals surface area contributed by atoms with Crippen LogP contribution in [0.15, 0.2) is 0 Å². The molecule has 0 heterocycles. The molecule has 0 saturated carbocycles. The molecule has 2 unspecified atom stereocenters. The van der Waals surface area contributed by atoms with Crippen molar-refractivity contribution in [3.05, 3.63) is 0 Å². The molecule has 24 heavy (non-hydrogen) atoms. The quantitative estimate of drug-likeness (QED) is 0.469. The molecule has 0 fully saturated rings. The van der Waals surface area contributed by atoms with E-state index in [0.717, 1.165) is 12.8 Å². The van der Waals surface area contributed by atoms with E-state index in [9.17, 15) is 14.7 Å². The SMILES string of the molecule is CCC(C)OCCC(CCCC(=O)O)(CCOC(C)CC)C(=O)O. The lowest BCUT2D eigenvalue weighted by Crippen LogP contribution is -2.35. The summed E-state index contributed by atoms with van der Waals surface area (Å²) in [7, 11) is 0. The maximum absolute atomic E-state index is 11.9. The molecule has 142 valence electrons. The molecule has 0 radical (unpaired) electrons. The zero-order valence-electron chi connectivity index (χ0n) is 15.5. The van der Waals surface area contributed by atoms with Crippen molar-refractivity contribution in [3.63, 3.8) is 0 Å². The molecular formula is C18H34O6. The van der Waals surface area contributed by atoms with Gasteiger partial charge in [-0.15, -0.1) is 0 Å². The molecule has 0 spiro atoms. The van der Waals surface area contributed by atoms with E-state index in [1.807, 2.05) is 27.7 Å². The van der Waals surface area contributed by atoms with Crippen LogP contribution in [0.4, 0.5) is 0 Å². The highest BCUT2D eigenvalue weighted by molar-refractivity contribution is 5.74. The number of ether oxygens (including phenoxy) is 2. The lowest BCUT2D eigenvalue weighted by atomic mass is 9.77. The highest BCUT2D eigenvalue weighted by Gasteiger charge is 2.37. The van der Waals surface area contributed by atoms with E-state index in [1.54, 1.807) is 0 Å². The van der Waals surface area contributed by atoms with Gasteiger partial charge in [0.1, 0.15) is 0 Å². The number of carboxylic acid groups (broad SMARTS) is 2. The van der Waals surface area contributed by atoms with Crippen LogP contribution in [0.1, 0.15) is 72.6 Å². The van der Waals surface area contributed by atoms with E-state index in [0.29, 0.717) is 38.9 Å². The van der Waals surface area contributed by atoms with Crippen molar-refractivity contribution in [3.8, 4) is 0 Å². The molecule has 0 aromatic heterocycles. The molecule has 0 aliphatic carbocycles. The van der Waals surface area contributed by atoms with Crippen LogP contribution in [0.2, 0.25) is 0 Å². The number of carboxylic acids is 2. The Hall–Kier alpha value is -1.14. The van der Waals surface area contributed by atoms with Crippen LogP contribution in [0.25, 0.3) is 0 Å². The minimum absolute atomic E-state index is 0.0204. The first-order chi connectivity index (χ1) is 11.3. The van der Waals surface area contributed by atoms with Gasteiger partial charge in [-0.05, 0) is 52.4 Å².